The van der Waals surface area contributed by atoms with Crippen molar-refractivity contribution in [2.24, 2.45) is 7.05 Å². The van der Waals surface area contributed by atoms with Crippen molar-refractivity contribution in [2.75, 3.05) is 0 Å². The van der Waals surface area contributed by atoms with Gasteiger partial charge in [-0.2, -0.15) is 9.78 Å². The second-order valence-corrected chi connectivity index (χ2v) is 10.2. The summed E-state index contributed by atoms with van der Waals surface area (Å²) in [6.45, 7) is 2.05. The average Bonchev–Trinajstić information content (AvgIpc) is 3.71. The SMILES string of the molecule is C[C@@H]1C[C@H](c2ncc(-c3ccc4nn(C)cc4c3)[nH]2)n2c1cc(-c1c(-n3cnnn3)ccc(Cl)c1F)cc2=O. The molecule has 39 heavy (non-hydrogen) atoms. The number of hydrogen-bond acceptors (Lipinski definition) is 6. The lowest BCUT2D eigenvalue weighted by atomic mass is 9.99. The number of tetrazole rings is 1. The predicted octanol–water partition coefficient (Wildman–Crippen LogP) is 4.66. The topological polar surface area (TPSA) is 112 Å². The van der Waals surface area contributed by atoms with Gasteiger partial charge in [-0.1, -0.05) is 24.6 Å². The fourth-order valence-electron chi connectivity index (χ4n) is 5.50. The Morgan fingerprint density at radius 3 is 2.82 bits per heavy atom. The number of pyridine rings is 1. The van der Waals surface area contributed by atoms with Crippen molar-refractivity contribution < 1.29 is 4.39 Å². The Bertz CT molecular complexity index is 1940. The van der Waals surface area contributed by atoms with Crippen molar-refractivity contribution in [3.05, 3.63) is 93.9 Å². The Morgan fingerprint density at radius 1 is 1.13 bits per heavy atom. The number of aromatic nitrogens is 9. The molecule has 0 fully saturated rings. The average molecular weight is 542 g/mol. The van der Waals surface area contributed by atoms with Gasteiger partial charge >= 0.3 is 0 Å². The van der Waals surface area contributed by atoms with E-state index in [4.69, 9.17) is 11.6 Å². The van der Waals surface area contributed by atoms with Crippen LogP contribution in [0, 0.1) is 5.82 Å². The third-order valence-electron chi connectivity index (χ3n) is 7.29. The van der Waals surface area contributed by atoms with Crippen LogP contribution in [0.1, 0.15) is 36.8 Å². The van der Waals surface area contributed by atoms with Crippen molar-refractivity contribution in [2.45, 2.75) is 25.3 Å². The number of nitrogens with zero attached hydrogens (tertiary/aromatic N) is 8. The molecule has 4 aromatic heterocycles. The molecule has 6 aromatic rings. The molecule has 1 aliphatic rings. The van der Waals surface area contributed by atoms with Crippen molar-refractivity contribution in [1.82, 2.24) is 44.5 Å². The summed E-state index contributed by atoms with van der Waals surface area (Å²) in [6.07, 6.45) is 5.79. The fraction of sp³-hybridized carbons (Fsp3) is 0.185. The zero-order valence-corrected chi connectivity index (χ0v) is 21.6. The molecule has 194 valence electrons. The van der Waals surface area contributed by atoms with Crippen molar-refractivity contribution in [3.8, 4) is 28.1 Å². The highest BCUT2D eigenvalue weighted by Crippen LogP contribution is 2.41. The summed E-state index contributed by atoms with van der Waals surface area (Å²) in [5.74, 6) is 0.0826. The first-order chi connectivity index (χ1) is 18.9. The maximum atomic E-state index is 15.4. The molecule has 7 rings (SSSR count). The summed E-state index contributed by atoms with van der Waals surface area (Å²) in [5.41, 5.74) is 4.25. The summed E-state index contributed by atoms with van der Waals surface area (Å²) in [5, 5.41) is 16.6. The van der Waals surface area contributed by atoms with E-state index in [9.17, 15) is 4.79 Å². The number of nitrogens with one attached hydrogen (secondary N) is 1. The zero-order chi connectivity index (χ0) is 26.8. The largest absolute Gasteiger partial charge is 0.340 e. The van der Waals surface area contributed by atoms with Crippen LogP contribution in [0.25, 0.3) is 39.0 Å². The Hall–Kier alpha value is -4.64. The number of H-pyrrole nitrogens is 1. The molecule has 0 spiro atoms. The van der Waals surface area contributed by atoms with Gasteiger partial charge in [0.25, 0.3) is 5.56 Å². The van der Waals surface area contributed by atoms with Crippen molar-refractivity contribution >= 4 is 22.5 Å². The molecule has 12 heteroatoms. The van der Waals surface area contributed by atoms with Gasteiger partial charge in [-0.3, -0.25) is 9.48 Å². The lowest BCUT2D eigenvalue weighted by Gasteiger charge is -2.16. The molecule has 2 atom stereocenters. The highest BCUT2D eigenvalue weighted by molar-refractivity contribution is 6.31. The first kappa shape index (κ1) is 23.5. The van der Waals surface area contributed by atoms with Crippen molar-refractivity contribution in [3.63, 3.8) is 0 Å². The second kappa shape index (κ2) is 8.70. The normalized spacial score (nSPS) is 16.7. The van der Waals surface area contributed by atoms with Gasteiger partial charge in [-0.25, -0.2) is 9.37 Å². The second-order valence-electron chi connectivity index (χ2n) is 9.80. The molecule has 0 amide bonds. The van der Waals surface area contributed by atoms with E-state index < -0.39 is 5.82 Å². The Kier molecular flexibility index (Phi) is 5.24. The molecule has 10 nitrogen and oxygen atoms in total. The summed E-state index contributed by atoms with van der Waals surface area (Å²) < 4.78 is 20.2. The molecule has 5 heterocycles. The van der Waals surface area contributed by atoms with Crippen LogP contribution in [-0.2, 0) is 7.05 Å². The van der Waals surface area contributed by atoms with E-state index in [1.807, 2.05) is 38.4 Å². The molecular weight excluding hydrogens is 521 g/mol. The Balaban J connectivity index is 1.30. The van der Waals surface area contributed by atoms with Gasteiger partial charge in [0.15, 0.2) is 5.82 Å². The lowest BCUT2D eigenvalue weighted by molar-refractivity contribution is 0.557. The van der Waals surface area contributed by atoms with Gasteiger partial charge in [-0.05, 0) is 58.7 Å². The van der Waals surface area contributed by atoms with Crippen LogP contribution in [0.2, 0.25) is 5.02 Å². The summed E-state index contributed by atoms with van der Waals surface area (Å²) in [7, 11) is 1.89. The molecule has 2 aromatic carbocycles. The number of halogens is 2. The summed E-state index contributed by atoms with van der Waals surface area (Å²) in [6, 6.07) is 12.1. The lowest BCUT2D eigenvalue weighted by Crippen LogP contribution is -2.24. The summed E-state index contributed by atoms with van der Waals surface area (Å²) >= 11 is 6.14. The smallest absolute Gasteiger partial charge is 0.252 e. The number of fused-ring (bicyclic) bond motifs is 2. The van der Waals surface area contributed by atoms with Gasteiger partial charge in [0, 0.05) is 41.5 Å². The van der Waals surface area contributed by atoms with Gasteiger partial charge < -0.3 is 9.55 Å². The molecule has 0 radical (unpaired) electrons. The number of hydrogen-bond donors (Lipinski definition) is 1. The molecular formula is C27H21ClFN9O. The van der Waals surface area contributed by atoms with E-state index >= 15 is 4.39 Å². The van der Waals surface area contributed by atoms with Gasteiger partial charge in [0.1, 0.15) is 12.2 Å². The van der Waals surface area contributed by atoms with Crippen LogP contribution in [0.3, 0.4) is 0 Å². The molecule has 0 unspecified atom stereocenters. The van der Waals surface area contributed by atoms with Gasteiger partial charge in [-0.15, -0.1) is 5.10 Å². The molecule has 0 saturated carbocycles. The van der Waals surface area contributed by atoms with Crippen LogP contribution < -0.4 is 5.56 Å². The Labute approximate surface area is 225 Å². The van der Waals surface area contributed by atoms with E-state index in [2.05, 4.69) is 36.7 Å². The maximum Gasteiger partial charge on any atom is 0.252 e. The highest BCUT2D eigenvalue weighted by atomic mass is 35.5. The number of aryl methyl sites for hydroxylation is 1. The minimum atomic E-state index is -0.641. The van der Waals surface area contributed by atoms with Gasteiger partial charge in [0.2, 0.25) is 0 Å². The fourth-order valence-corrected chi connectivity index (χ4v) is 5.66. The van der Waals surface area contributed by atoms with Crippen LogP contribution in [-0.4, -0.2) is 44.5 Å². The first-order valence-electron chi connectivity index (χ1n) is 12.3. The first-order valence-corrected chi connectivity index (χ1v) is 12.7. The molecule has 0 aliphatic carbocycles. The molecule has 0 saturated heterocycles. The number of imidazole rings is 1. The number of rotatable bonds is 4. The number of benzene rings is 2. The monoisotopic (exact) mass is 541 g/mol. The van der Waals surface area contributed by atoms with E-state index in [-0.39, 0.29) is 28.1 Å². The van der Waals surface area contributed by atoms with E-state index in [0.717, 1.165) is 27.9 Å². The van der Waals surface area contributed by atoms with E-state index in [1.165, 1.54) is 23.1 Å². The van der Waals surface area contributed by atoms with Crippen LogP contribution in [0.4, 0.5) is 4.39 Å². The minimum Gasteiger partial charge on any atom is -0.340 e. The predicted molar refractivity (Wildman–Crippen MR) is 143 cm³/mol. The summed E-state index contributed by atoms with van der Waals surface area (Å²) in [4.78, 5) is 21.6. The van der Waals surface area contributed by atoms with Crippen LogP contribution in [0.15, 0.2) is 66.0 Å². The standard InChI is InChI=1S/C27H21ClFN9O/c1-14-7-23(27-30-11-20(32-27)15-3-5-19-17(8-15)12-36(2)33-19)38-22(14)9-16(10-24(38)39)25-21(37-13-31-34-35-37)6-4-18(28)26(25)29/h3-6,8-14,23H,7H2,1-2H3,(H,30,32)/t14-,23-/m1/s1. The third kappa shape index (κ3) is 3.76. The van der Waals surface area contributed by atoms with E-state index in [1.54, 1.807) is 21.5 Å². The van der Waals surface area contributed by atoms with Crippen LogP contribution in [0.5, 0.6) is 0 Å². The van der Waals surface area contributed by atoms with E-state index in [0.29, 0.717) is 23.5 Å². The highest BCUT2D eigenvalue weighted by Gasteiger charge is 2.33. The third-order valence-corrected chi connectivity index (χ3v) is 7.58. The Morgan fingerprint density at radius 2 is 2.00 bits per heavy atom. The quantitative estimate of drug-likeness (QED) is 0.347. The van der Waals surface area contributed by atoms with Gasteiger partial charge in [0.05, 0.1) is 34.2 Å². The van der Waals surface area contributed by atoms with Crippen LogP contribution >= 0.6 is 11.6 Å². The van der Waals surface area contributed by atoms with Crippen molar-refractivity contribution in [1.29, 1.82) is 0 Å². The minimum absolute atomic E-state index is 0.0293. The number of aromatic amines is 1. The molecule has 1 N–H and O–H groups in total. The maximum absolute atomic E-state index is 15.4. The molecule has 0 bridgehead atoms. The molecule has 1 aliphatic heterocycles. The zero-order valence-electron chi connectivity index (χ0n) is 20.9.